The maximum absolute atomic E-state index is 13.6. The zero-order valence-electron chi connectivity index (χ0n) is 19.6. The lowest BCUT2D eigenvalue weighted by Gasteiger charge is -2.36. The Kier molecular flexibility index (Phi) is 6.71. The number of amides is 2. The van der Waals surface area contributed by atoms with Gasteiger partial charge in [0.25, 0.3) is 5.91 Å². The van der Waals surface area contributed by atoms with Crippen molar-refractivity contribution in [1.82, 2.24) is 9.80 Å². The van der Waals surface area contributed by atoms with Crippen LogP contribution in [0.1, 0.15) is 27.4 Å². The zero-order valence-corrected chi connectivity index (χ0v) is 19.6. The molecule has 1 heterocycles. The summed E-state index contributed by atoms with van der Waals surface area (Å²) < 4.78 is 0. The number of hydrogen-bond acceptors (Lipinski definition) is 2. The smallest absolute Gasteiger partial charge is 0.253 e. The molecule has 1 fully saturated rings. The van der Waals surface area contributed by atoms with E-state index in [1.807, 2.05) is 113 Å². The van der Waals surface area contributed by atoms with E-state index in [-0.39, 0.29) is 17.7 Å². The highest BCUT2D eigenvalue weighted by Crippen LogP contribution is 2.27. The molecule has 0 bridgehead atoms. The number of carbonyl (C=O) groups is 2. The number of rotatable bonds is 5. The minimum atomic E-state index is -0.342. The van der Waals surface area contributed by atoms with Crippen LogP contribution in [0.2, 0.25) is 0 Å². The monoisotopic (exact) mass is 460 g/mol. The molecule has 0 atom stereocenters. The third-order valence-corrected chi connectivity index (χ3v) is 6.63. The predicted molar refractivity (Wildman–Crippen MR) is 139 cm³/mol. The Morgan fingerprint density at radius 1 is 0.514 bits per heavy atom. The van der Waals surface area contributed by atoms with Crippen molar-refractivity contribution in [2.75, 3.05) is 26.2 Å². The molecule has 174 valence electrons. The van der Waals surface area contributed by atoms with Crippen molar-refractivity contribution in [3.63, 3.8) is 0 Å². The van der Waals surface area contributed by atoms with Gasteiger partial charge in [-0.1, -0.05) is 103 Å². The first kappa shape index (κ1) is 22.6. The molecular weight excluding hydrogens is 432 g/mol. The van der Waals surface area contributed by atoms with Crippen LogP contribution >= 0.6 is 0 Å². The topological polar surface area (TPSA) is 40.6 Å². The van der Waals surface area contributed by atoms with E-state index in [9.17, 15) is 9.59 Å². The van der Waals surface area contributed by atoms with E-state index in [1.54, 1.807) is 0 Å². The fraction of sp³-hybridized carbons (Fsp3) is 0.161. The van der Waals surface area contributed by atoms with E-state index in [4.69, 9.17) is 0 Å². The van der Waals surface area contributed by atoms with Gasteiger partial charge in [0.2, 0.25) is 5.91 Å². The van der Waals surface area contributed by atoms with Gasteiger partial charge in [-0.25, -0.2) is 0 Å². The van der Waals surface area contributed by atoms with Crippen LogP contribution in [0.5, 0.6) is 0 Å². The lowest BCUT2D eigenvalue weighted by Crippen LogP contribution is -2.51. The highest BCUT2D eigenvalue weighted by atomic mass is 16.2. The van der Waals surface area contributed by atoms with Crippen LogP contribution in [0.25, 0.3) is 11.1 Å². The van der Waals surface area contributed by atoms with Gasteiger partial charge in [0.15, 0.2) is 0 Å². The minimum absolute atomic E-state index is 0.0133. The molecule has 4 nitrogen and oxygen atoms in total. The molecule has 0 N–H and O–H groups in total. The van der Waals surface area contributed by atoms with Gasteiger partial charge in [-0.2, -0.15) is 0 Å². The quantitative estimate of drug-likeness (QED) is 0.396. The van der Waals surface area contributed by atoms with E-state index in [0.29, 0.717) is 31.7 Å². The molecule has 0 unspecified atom stereocenters. The van der Waals surface area contributed by atoms with Gasteiger partial charge in [0.05, 0.1) is 5.92 Å². The Morgan fingerprint density at radius 2 is 0.943 bits per heavy atom. The van der Waals surface area contributed by atoms with Gasteiger partial charge in [-0.05, 0) is 34.4 Å². The van der Waals surface area contributed by atoms with Crippen molar-refractivity contribution < 1.29 is 9.59 Å². The van der Waals surface area contributed by atoms with Crippen LogP contribution in [0, 0.1) is 0 Å². The predicted octanol–water partition coefficient (Wildman–Crippen LogP) is 5.47. The first-order chi connectivity index (χ1) is 17.2. The number of hydrogen-bond donors (Lipinski definition) is 0. The summed E-state index contributed by atoms with van der Waals surface area (Å²) in [7, 11) is 0. The normalized spacial score (nSPS) is 13.6. The molecule has 4 aromatic carbocycles. The highest BCUT2D eigenvalue weighted by molar-refractivity contribution is 5.95. The molecule has 0 aliphatic carbocycles. The molecule has 1 saturated heterocycles. The van der Waals surface area contributed by atoms with Gasteiger partial charge in [0, 0.05) is 31.7 Å². The lowest BCUT2D eigenvalue weighted by atomic mass is 9.90. The van der Waals surface area contributed by atoms with E-state index >= 15 is 0 Å². The summed E-state index contributed by atoms with van der Waals surface area (Å²) in [5, 5.41) is 0. The van der Waals surface area contributed by atoms with Crippen LogP contribution in [-0.4, -0.2) is 47.8 Å². The summed E-state index contributed by atoms with van der Waals surface area (Å²) in [6, 6.07) is 37.7. The molecule has 35 heavy (non-hydrogen) atoms. The van der Waals surface area contributed by atoms with Crippen LogP contribution in [0.3, 0.4) is 0 Å². The summed E-state index contributed by atoms with van der Waals surface area (Å²) in [4.78, 5) is 30.5. The largest absolute Gasteiger partial charge is 0.338 e. The first-order valence-electron chi connectivity index (χ1n) is 12.0. The summed E-state index contributed by atoms with van der Waals surface area (Å²) in [5.41, 5.74) is 4.87. The molecule has 0 saturated carbocycles. The molecule has 4 aromatic rings. The number of nitrogens with zero attached hydrogens (tertiary/aromatic N) is 2. The standard InChI is InChI=1S/C31H28N2O2/c34-30(28-18-16-25(17-19-28)24-10-4-1-5-11-24)32-20-22-33(23-21-32)31(35)29(26-12-6-2-7-13-26)27-14-8-3-9-15-27/h1-19,29H,20-23H2. The second kappa shape index (κ2) is 10.4. The van der Waals surface area contributed by atoms with Gasteiger partial charge < -0.3 is 9.80 Å². The van der Waals surface area contributed by atoms with Crippen LogP contribution in [-0.2, 0) is 4.79 Å². The number of carbonyl (C=O) groups excluding carboxylic acids is 2. The minimum Gasteiger partial charge on any atom is -0.338 e. The van der Waals surface area contributed by atoms with Gasteiger partial charge >= 0.3 is 0 Å². The lowest BCUT2D eigenvalue weighted by molar-refractivity contribution is -0.133. The third-order valence-electron chi connectivity index (χ3n) is 6.63. The maximum atomic E-state index is 13.6. The Labute approximate surface area is 206 Å². The van der Waals surface area contributed by atoms with Crippen molar-refractivity contribution in [2.45, 2.75) is 5.92 Å². The SMILES string of the molecule is O=C(c1ccc(-c2ccccc2)cc1)N1CCN(C(=O)C(c2ccccc2)c2ccccc2)CC1. The van der Waals surface area contributed by atoms with Crippen LogP contribution < -0.4 is 0 Å². The summed E-state index contributed by atoms with van der Waals surface area (Å²) in [6.45, 7) is 2.12. The fourth-order valence-corrected chi connectivity index (χ4v) is 4.70. The zero-order chi connectivity index (χ0) is 24.0. The summed E-state index contributed by atoms with van der Waals surface area (Å²) in [6.07, 6.45) is 0. The van der Waals surface area contributed by atoms with Crippen molar-refractivity contribution >= 4 is 11.8 Å². The maximum Gasteiger partial charge on any atom is 0.253 e. The second-order valence-corrected chi connectivity index (χ2v) is 8.82. The molecule has 1 aliphatic rings. The van der Waals surface area contributed by atoms with Gasteiger partial charge in [-0.3, -0.25) is 9.59 Å². The Bertz CT molecular complexity index is 1220. The van der Waals surface area contributed by atoms with Crippen molar-refractivity contribution in [3.05, 3.63) is 132 Å². The van der Waals surface area contributed by atoms with Crippen LogP contribution in [0.4, 0.5) is 0 Å². The molecule has 0 spiro atoms. The van der Waals surface area contributed by atoms with E-state index < -0.39 is 0 Å². The highest BCUT2D eigenvalue weighted by Gasteiger charge is 2.31. The average molecular weight is 461 g/mol. The summed E-state index contributed by atoms with van der Waals surface area (Å²) >= 11 is 0. The number of benzene rings is 4. The Morgan fingerprint density at radius 3 is 1.46 bits per heavy atom. The third kappa shape index (κ3) is 5.02. The van der Waals surface area contributed by atoms with Gasteiger partial charge in [-0.15, -0.1) is 0 Å². The summed E-state index contributed by atoms with van der Waals surface area (Å²) in [5.74, 6) is -0.244. The van der Waals surface area contributed by atoms with E-state index in [2.05, 4.69) is 12.1 Å². The average Bonchev–Trinajstić information content (AvgIpc) is 2.94. The molecular formula is C31H28N2O2. The van der Waals surface area contributed by atoms with E-state index in [0.717, 1.165) is 22.3 Å². The first-order valence-corrected chi connectivity index (χ1v) is 12.0. The van der Waals surface area contributed by atoms with Gasteiger partial charge in [0.1, 0.15) is 0 Å². The molecule has 2 amide bonds. The Hall–Kier alpha value is -4.18. The second-order valence-electron chi connectivity index (χ2n) is 8.82. The molecule has 0 aromatic heterocycles. The van der Waals surface area contributed by atoms with E-state index in [1.165, 1.54) is 0 Å². The number of piperazine rings is 1. The molecule has 1 aliphatic heterocycles. The van der Waals surface area contributed by atoms with Crippen molar-refractivity contribution in [2.24, 2.45) is 0 Å². The van der Waals surface area contributed by atoms with Crippen molar-refractivity contribution in [3.8, 4) is 11.1 Å². The molecule has 4 heteroatoms. The fourth-order valence-electron chi connectivity index (χ4n) is 4.70. The van der Waals surface area contributed by atoms with Crippen molar-refractivity contribution in [1.29, 1.82) is 0 Å². The Balaban J connectivity index is 1.26. The molecule has 5 rings (SSSR count). The molecule has 0 radical (unpaired) electrons. The van der Waals surface area contributed by atoms with Crippen LogP contribution in [0.15, 0.2) is 115 Å².